The van der Waals surface area contributed by atoms with Crippen molar-refractivity contribution in [2.75, 3.05) is 5.32 Å². The number of H-pyrrole nitrogens is 1. The molecule has 3 aromatic rings. The van der Waals surface area contributed by atoms with Crippen LogP contribution in [0.4, 0.5) is 10.8 Å². The van der Waals surface area contributed by atoms with Gasteiger partial charge in [-0.2, -0.15) is 0 Å². The molecule has 10 heteroatoms. The molecule has 3 rings (SSSR count). The molecule has 0 bridgehead atoms. The van der Waals surface area contributed by atoms with Gasteiger partial charge in [0.05, 0.1) is 10.6 Å². The Balaban J connectivity index is 1.66. The first-order valence-corrected chi connectivity index (χ1v) is 8.48. The van der Waals surface area contributed by atoms with Gasteiger partial charge in [0.1, 0.15) is 5.69 Å². The number of non-ortho nitro benzene ring substituents is 1. The SMILES string of the molecule is NC(=O)c1cc(-c2csc(NC(=O)/C=C/c3cccc([N+](=O)[O-])c3)n2)c[nH]1. The Labute approximate surface area is 156 Å². The summed E-state index contributed by atoms with van der Waals surface area (Å²) in [6.45, 7) is 0. The number of aromatic amines is 1. The molecule has 0 aliphatic rings. The summed E-state index contributed by atoms with van der Waals surface area (Å²) in [5.41, 5.74) is 7.20. The molecule has 4 N–H and O–H groups in total. The molecule has 0 spiro atoms. The molecule has 136 valence electrons. The van der Waals surface area contributed by atoms with Gasteiger partial charge in [-0.3, -0.25) is 25.0 Å². The van der Waals surface area contributed by atoms with Gasteiger partial charge < -0.3 is 10.7 Å². The largest absolute Gasteiger partial charge is 0.364 e. The van der Waals surface area contributed by atoms with E-state index in [-0.39, 0.29) is 11.4 Å². The number of benzene rings is 1. The Morgan fingerprint density at radius 1 is 1.33 bits per heavy atom. The number of nitro benzene ring substituents is 1. The fourth-order valence-electron chi connectivity index (χ4n) is 2.21. The molecule has 9 nitrogen and oxygen atoms in total. The highest BCUT2D eigenvalue weighted by Gasteiger charge is 2.10. The summed E-state index contributed by atoms with van der Waals surface area (Å²) in [4.78, 5) is 40.4. The van der Waals surface area contributed by atoms with Crippen LogP contribution in [0.15, 0.2) is 48.0 Å². The summed E-state index contributed by atoms with van der Waals surface area (Å²) in [5, 5.41) is 15.5. The number of primary amides is 1. The highest BCUT2D eigenvalue weighted by molar-refractivity contribution is 7.14. The van der Waals surface area contributed by atoms with Gasteiger partial charge in [-0.15, -0.1) is 11.3 Å². The lowest BCUT2D eigenvalue weighted by Gasteiger charge is -1.97. The summed E-state index contributed by atoms with van der Waals surface area (Å²) < 4.78 is 0. The maximum absolute atomic E-state index is 12.0. The Kier molecular flexibility index (Phi) is 5.08. The van der Waals surface area contributed by atoms with Crippen LogP contribution in [0.2, 0.25) is 0 Å². The van der Waals surface area contributed by atoms with Crippen molar-refractivity contribution in [3.8, 4) is 11.3 Å². The van der Waals surface area contributed by atoms with E-state index >= 15 is 0 Å². The zero-order chi connectivity index (χ0) is 19.4. The monoisotopic (exact) mass is 383 g/mol. The maximum Gasteiger partial charge on any atom is 0.270 e. The van der Waals surface area contributed by atoms with Gasteiger partial charge in [-0.25, -0.2) is 4.98 Å². The second-order valence-corrected chi connectivity index (χ2v) is 6.24. The zero-order valence-corrected chi connectivity index (χ0v) is 14.5. The summed E-state index contributed by atoms with van der Waals surface area (Å²) in [6.07, 6.45) is 4.34. The van der Waals surface area contributed by atoms with Gasteiger partial charge in [-0.05, 0) is 17.7 Å². The molecule has 1 aromatic carbocycles. The fraction of sp³-hybridized carbons (Fsp3) is 0. The van der Waals surface area contributed by atoms with Gasteiger partial charge >= 0.3 is 0 Å². The lowest BCUT2D eigenvalue weighted by atomic mass is 10.2. The van der Waals surface area contributed by atoms with Crippen molar-refractivity contribution in [3.63, 3.8) is 0 Å². The Morgan fingerprint density at radius 2 is 2.15 bits per heavy atom. The minimum Gasteiger partial charge on any atom is -0.364 e. The molecule has 0 atom stereocenters. The summed E-state index contributed by atoms with van der Waals surface area (Å²) >= 11 is 1.22. The third kappa shape index (κ3) is 4.44. The van der Waals surface area contributed by atoms with Crippen molar-refractivity contribution >= 4 is 40.0 Å². The fourth-order valence-corrected chi connectivity index (χ4v) is 2.93. The average molecular weight is 383 g/mol. The van der Waals surface area contributed by atoms with Crippen LogP contribution in [0.1, 0.15) is 16.1 Å². The van der Waals surface area contributed by atoms with E-state index in [4.69, 9.17) is 5.73 Å². The van der Waals surface area contributed by atoms with Crippen LogP contribution in [-0.4, -0.2) is 26.7 Å². The van der Waals surface area contributed by atoms with Crippen LogP contribution in [0.3, 0.4) is 0 Å². The number of hydrogen-bond donors (Lipinski definition) is 3. The predicted molar refractivity (Wildman–Crippen MR) is 101 cm³/mol. The van der Waals surface area contributed by atoms with E-state index in [1.165, 1.54) is 35.6 Å². The van der Waals surface area contributed by atoms with E-state index in [0.717, 1.165) is 0 Å². The number of nitrogens with zero attached hydrogens (tertiary/aromatic N) is 2. The lowest BCUT2D eigenvalue weighted by molar-refractivity contribution is -0.384. The van der Waals surface area contributed by atoms with Gasteiger partial charge in [0, 0.05) is 35.3 Å². The standard InChI is InChI=1S/C17H13N5O4S/c18-16(24)13-7-11(8-19-13)14-9-27-17(20-14)21-15(23)5-4-10-2-1-3-12(6-10)22(25)26/h1-9,19H,(H2,18,24)(H,20,21,23)/b5-4+. The predicted octanol–water partition coefficient (Wildman–Crippen LogP) is 2.80. The zero-order valence-electron chi connectivity index (χ0n) is 13.7. The molecule has 2 amide bonds. The number of nitrogens with one attached hydrogen (secondary N) is 2. The van der Waals surface area contributed by atoms with Gasteiger partial charge in [-0.1, -0.05) is 12.1 Å². The molecule has 0 unspecified atom stereocenters. The van der Waals surface area contributed by atoms with E-state index in [1.54, 1.807) is 29.8 Å². The van der Waals surface area contributed by atoms with E-state index in [1.807, 2.05) is 0 Å². The van der Waals surface area contributed by atoms with Crippen LogP contribution in [0, 0.1) is 10.1 Å². The quantitative estimate of drug-likeness (QED) is 0.340. The number of thiazole rings is 1. The van der Waals surface area contributed by atoms with E-state index in [2.05, 4.69) is 15.3 Å². The van der Waals surface area contributed by atoms with E-state index < -0.39 is 16.7 Å². The maximum atomic E-state index is 12.0. The van der Waals surface area contributed by atoms with Crippen molar-refractivity contribution in [3.05, 3.63) is 69.4 Å². The first kappa shape index (κ1) is 18.0. The molecule has 2 aromatic heterocycles. The summed E-state index contributed by atoms with van der Waals surface area (Å²) in [5.74, 6) is -0.995. The summed E-state index contributed by atoms with van der Waals surface area (Å²) in [7, 11) is 0. The molecule has 0 saturated heterocycles. The Morgan fingerprint density at radius 3 is 2.85 bits per heavy atom. The molecular weight excluding hydrogens is 370 g/mol. The number of carbonyl (C=O) groups excluding carboxylic acids is 2. The number of nitrogens with two attached hydrogens (primary N) is 1. The molecule has 0 fully saturated rings. The van der Waals surface area contributed by atoms with Crippen molar-refractivity contribution in [2.45, 2.75) is 0 Å². The van der Waals surface area contributed by atoms with Gasteiger partial charge in [0.25, 0.3) is 11.6 Å². The van der Waals surface area contributed by atoms with Crippen molar-refractivity contribution < 1.29 is 14.5 Å². The number of nitro groups is 1. The van der Waals surface area contributed by atoms with Crippen LogP contribution < -0.4 is 11.1 Å². The van der Waals surface area contributed by atoms with E-state index in [0.29, 0.717) is 22.0 Å². The van der Waals surface area contributed by atoms with Crippen molar-refractivity contribution in [1.29, 1.82) is 0 Å². The number of aromatic nitrogens is 2. The number of rotatable bonds is 6. The van der Waals surface area contributed by atoms with E-state index in [9.17, 15) is 19.7 Å². The van der Waals surface area contributed by atoms with Gasteiger partial charge in [0.15, 0.2) is 5.13 Å². The Hall–Kier alpha value is -3.79. The molecule has 0 aliphatic heterocycles. The van der Waals surface area contributed by atoms with Crippen LogP contribution >= 0.6 is 11.3 Å². The summed E-state index contributed by atoms with van der Waals surface area (Å²) in [6, 6.07) is 7.51. The molecule has 27 heavy (non-hydrogen) atoms. The third-order valence-electron chi connectivity index (χ3n) is 3.49. The Bertz CT molecular complexity index is 1050. The first-order chi connectivity index (χ1) is 12.9. The van der Waals surface area contributed by atoms with Crippen molar-refractivity contribution in [1.82, 2.24) is 9.97 Å². The molecule has 2 heterocycles. The highest BCUT2D eigenvalue weighted by atomic mass is 32.1. The third-order valence-corrected chi connectivity index (χ3v) is 4.24. The van der Waals surface area contributed by atoms with Crippen LogP contribution in [0.5, 0.6) is 0 Å². The minimum atomic E-state index is -0.573. The normalized spacial score (nSPS) is 10.8. The molecule has 0 saturated carbocycles. The molecule has 0 aliphatic carbocycles. The topological polar surface area (TPSA) is 144 Å². The highest BCUT2D eigenvalue weighted by Crippen LogP contribution is 2.25. The number of hydrogen-bond acceptors (Lipinski definition) is 6. The number of amides is 2. The number of anilines is 1. The van der Waals surface area contributed by atoms with Gasteiger partial charge in [0.2, 0.25) is 5.91 Å². The van der Waals surface area contributed by atoms with Crippen molar-refractivity contribution in [2.24, 2.45) is 5.73 Å². The second-order valence-electron chi connectivity index (χ2n) is 5.38. The molecular formula is C17H13N5O4S. The second kappa shape index (κ2) is 7.62. The van der Waals surface area contributed by atoms with Crippen LogP contribution in [0.25, 0.3) is 17.3 Å². The first-order valence-electron chi connectivity index (χ1n) is 7.60. The lowest BCUT2D eigenvalue weighted by Crippen LogP contribution is -2.10. The molecule has 0 radical (unpaired) electrons. The minimum absolute atomic E-state index is 0.0519. The number of carbonyl (C=O) groups is 2. The van der Waals surface area contributed by atoms with Crippen LogP contribution in [-0.2, 0) is 4.79 Å². The smallest absolute Gasteiger partial charge is 0.270 e. The average Bonchev–Trinajstić information content (AvgIpc) is 3.29.